The molecule has 3 N–H and O–H groups in total. The molecule has 0 heterocycles. The van der Waals surface area contributed by atoms with E-state index in [4.69, 9.17) is 5.73 Å². The summed E-state index contributed by atoms with van der Waals surface area (Å²) in [5.74, 6) is 0. The third-order valence-corrected chi connectivity index (χ3v) is 5.66. The average molecular weight is 293 g/mol. The molecule has 0 spiro atoms. The molecule has 6 heteroatoms. The zero-order valence-corrected chi connectivity index (χ0v) is 13.7. The summed E-state index contributed by atoms with van der Waals surface area (Å²) in [6, 6.07) is -0.0267. The molecule has 0 aromatic heterocycles. The van der Waals surface area contributed by atoms with Crippen molar-refractivity contribution in [3.8, 4) is 0 Å². The Kier molecular flexibility index (Phi) is 9.60. The van der Waals surface area contributed by atoms with Crippen LogP contribution in [0.1, 0.15) is 47.0 Å². The Morgan fingerprint density at radius 1 is 1.21 bits per heavy atom. The summed E-state index contributed by atoms with van der Waals surface area (Å²) in [6.45, 7) is 11.3. The highest BCUT2D eigenvalue weighted by Crippen LogP contribution is 2.06. The maximum Gasteiger partial charge on any atom is 0.215 e. The first kappa shape index (κ1) is 18.8. The van der Waals surface area contributed by atoms with Crippen LogP contribution in [0, 0.1) is 0 Å². The summed E-state index contributed by atoms with van der Waals surface area (Å²) >= 11 is 0. The smallest absolute Gasteiger partial charge is 0.215 e. The molecule has 0 saturated carbocycles. The maximum absolute atomic E-state index is 12.0. The summed E-state index contributed by atoms with van der Waals surface area (Å²) in [7, 11) is -3.27. The second-order valence-electron chi connectivity index (χ2n) is 5.00. The molecule has 5 nitrogen and oxygen atoms in total. The van der Waals surface area contributed by atoms with E-state index < -0.39 is 15.3 Å². The number of nitrogens with zero attached hydrogens (tertiary/aromatic N) is 1. The summed E-state index contributed by atoms with van der Waals surface area (Å²) in [5, 5.41) is -0.474. The Morgan fingerprint density at radius 3 is 2.21 bits per heavy atom. The molecule has 116 valence electrons. The Morgan fingerprint density at radius 2 is 1.79 bits per heavy atom. The Hall–Kier alpha value is -0.170. The van der Waals surface area contributed by atoms with Crippen molar-refractivity contribution in [2.75, 3.05) is 26.2 Å². The molecular weight excluding hydrogens is 262 g/mol. The third kappa shape index (κ3) is 7.25. The standard InChI is InChI=1S/C13H31N3O2S/c1-5-13(11-14)19(17,18)15-12(4)9-8-10-16(6-2)7-3/h12-13,15H,5-11,14H2,1-4H3. The van der Waals surface area contributed by atoms with Gasteiger partial charge in [-0.1, -0.05) is 20.8 Å². The minimum atomic E-state index is -3.27. The number of hydrogen-bond donors (Lipinski definition) is 2. The second-order valence-corrected chi connectivity index (χ2v) is 6.99. The van der Waals surface area contributed by atoms with Crippen molar-refractivity contribution in [2.24, 2.45) is 5.73 Å². The predicted octanol–water partition coefficient (Wildman–Crippen LogP) is 1.15. The van der Waals surface area contributed by atoms with Gasteiger partial charge in [0.1, 0.15) is 0 Å². The van der Waals surface area contributed by atoms with E-state index >= 15 is 0 Å². The highest BCUT2D eigenvalue weighted by Gasteiger charge is 2.23. The van der Waals surface area contributed by atoms with Crippen LogP contribution >= 0.6 is 0 Å². The molecule has 0 aromatic rings. The minimum Gasteiger partial charge on any atom is -0.329 e. The highest BCUT2D eigenvalue weighted by molar-refractivity contribution is 7.90. The fraction of sp³-hybridized carbons (Fsp3) is 1.00. The van der Waals surface area contributed by atoms with Gasteiger partial charge in [-0.2, -0.15) is 0 Å². The van der Waals surface area contributed by atoms with Gasteiger partial charge in [-0.25, -0.2) is 13.1 Å². The van der Waals surface area contributed by atoms with Gasteiger partial charge >= 0.3 is 0 Å². The van der Waals surface area contributed by atoms with Crippen molar-refractivity contribution < 1.29 is 8.42 Å². The van der Waals surface area contributed by atoms with E-state index in [1.54, 1.807) is 0 Å². The van der Waals surface area contributed by atoms with Gasteiger partial charge in [0.25, 0.3) is 0 Å². The molecule has 0 aliphatic heterocycles. The van der Waals surface area contributed by atoms with Gasteiger partial charge in [0.2, 0.25) is 10.0 Å². The maximum atomic E-state index is 12.0. The lowest BCUT2D eigenvalue weighted by molar-refractivity contribution is 0.293. The van der Waals surface area contributed by atoms with Crippen molar-refractivity contribution in [1.82, 2.24) is 9.62 Å². The normalized spacial score (nSPS) is 15.7. The van der Waals surface area contributed by atoms with Crippen LogP contribution in [0.2, 0.25) is 0 Å². The monoisotopic (exact) mass is 293 g/mol. The van der Waals surface area contributed by atoms with Crippen LogP contribution < -0.4 is 10.5 Å². The molecule has 0 rings (SSSR count). The van der Waals surface area contributed by atoms with Crippen LogP contribution in [-0.4, -0.2) is 50.8 Å². The summed E-state index contributed by atoms with van der Waals surface area (Å²) in [4.78, 5) is 2.34. The van der Waals surface area contributed by atoms with Gasteiger partial charge in [0.15, 0.2) is 0 Å². The van der Waals surface area contributed by atoms with E-state index in [0.29, 0.717) is 6.42 Å². The van der Waals surface area contributed by atoms with E-state index in [1.165, 1.54) is 0 Å². The molecular formula is C13H31N3O2S. The van der Waals surface area contributed by atoms with E-state index in [2.05, 4.69) is 23.5 Å². The first-order valence-electron chi connectivity index (χ1n) is 7.34. The molecule has 0 aliphatic rings. The first-order chi connectivity index (χ1) is 8.91. The fourth-order valence-electron chi connectivity index (χ4n) is 2.11. The van der Waals surface area contributed by atoms with Gasteiger partial charge < -0.3 is 10.6 Å². The number of nitrogens with two attached hydrogens (primary N) is 1. The largest absolute Gasteiger partial charge is 0.329 e. The zero-order chi connectivity index (χ0) is 14.9. The molecule has 19 heavy (non-hydrogen) atoms. The van der Waals surface area contributed by atoms with Gasteiger partial charge in [-0.05, 0) is 45.8 Å². The van der Waals surface area contributed by atoms with Crippen LogP contribution in [0.4, 0.5) is 0 Å². The molecule has 0 aliphatic carbocycles. The van der Waals surface area contributed by atoms with Crippen LogP contribution in [0.5, 0.6) is 0 Å². The lowest BCUT2D eigenvalue weighted by Crippen LogP contribution is -2.42. The molecule has 2 unspecified atom stereocenters. The minimum absolute atomic E-state index is 0.0267. The van der Waals surface area contributed by atoms with E-state index in [-0.39, 0.29) is 12.6 Å². The molecule has 0 bridgehead atoms. The number of hydrogen-bond acceptors (Lipinski definition) is 4. The number of sulfonamides is 1. The molecule has 0 saturated heterocycles. The van der Waals surface area contributed by atoms with Crippen molar-refractivity contribution in [3.05, 3.63) is 0 Å². The Bertz CT molecular complexity index is 312. The predicted molar refractivity (Wildman–Crippen MR) is 81.7 cm³/mol. The summed E-state index contributed by atoms with van der Waals surface area (Å²) in [5.41, 5.74) is 5.50. The van der Waals surface area contributed by atoms with Crippen molar-refractivity contribution in [1.29, 1.82) is 0 Å². The van der Waals surface area contributed by atoms with Crippen LogP contribution in [-0.2, 0) is 10.0 Å². The highest BCUT2D eigenvalue weighted by atomic mass is 32.2. The Labute approximate surface area is 119 Å². The van der Waals surface area contributed by atoms with Crippen molar-refractivity contribution in [3.63, 3.8) is 0 Å². The van der Waals surface area contributed by atoms with E-state index in [1.807, 2.05) is 13.8 Å². The van der Waals surface area contributed by atoms with Gasteiger partial charge in [-0.3, -0.25) is 0 Å². The van der Waals surface area contributed by atoms with Crippen molar-refractivity contribution in [2.45, 2.75) is 58.2 Å². The quantitative estimate of drug-likeness (QED) is 0.599. The van der Waals surface area contributed by atoms with Crippen molar-refractivity contribution >= 4 is 10.0 Å². The van der Waals surface area contributed by atoms with Crippen LogP contribution in [0.15, 0.2) is 0 Å². The second kappa shape index (κ2) is 9.69. The topological polar surface area (TPSA) is 75.4 Å². The molecule has 0 radical (unpaired) electrons. The number of nitrogens with one attached hydrogen (secondary N) is 1. The number of rotatable bonds is 11. The van der Waals surface area contributed by atoms with Gasteiger partial charge in [-0.15, -0.1) is 0 Å². The average Bonchev–Trinajstić information content (AvgIpc) is 2.35. The summed E-state index contributed by atoms with van der Waals surface area (Å²) < 4.78 is 26.8. The fourth-order valence-corrected chi connectivity index (χ4v) is 3.67. The third-order valence-electron chi connectivity index (χ3n) is 3.53. The van der Waals surface area contributed by atoms with Crippen LogP contribution in [0.25, 0.3) is 0 Å². The molecule has 2 atom stereocenters. The molecule has 0 aromatic carbocycles. The van der Waals surface area contributed by atoms with E-state index in [9.17, 15) is 8.42 Å². The lowest BCUT2D eigenvalue weighted by atomic mass is 10.2. The lowest BCUT2D eigenvalue weighted by Gasteiger charge is -2.21. The van der Waals surface area contributed by atoms with Gasteiger partial charge in [0.05, 0.1) is 5.25 Å². The summed E-state index contributed by atoms with van der Waals surface area (Å²) in [6.07, 6.45) is 2.42. The van der Waals surface area contributed by atoms with Crippen LogP contribution in [0.3, 0.4) is 0 Å². The first-order valence-corrected chi connectivity index (χ1v) is 8.89. The van der Waals surface area contributed by atoms with E-state index in [0.717, 1.165) is 32.5 Å². The zero-order valence-electron chi connectivity index (χ0n) is 12.9. The van der Waals surface area contributed by atoms with Gasteiger partial charge in [0, 0.05) is 12.6 Å². The SMILES string of the molecule is CCC(CN)S(=O)(=O)NC(C)CCCN(CC)CC. The molecule has 0 amide bonds. The molecule has 0 fully saturated rings. The Balaban J connectivity index is 4.13.